The second-order valence-corrected chi connectivity index (χ2v) is 3.36. The van der Waals surface area contributed by atoms with Crippen LogP contribution in [0.3, 0.4) is 0 Å². The second kappa shape index (κ2) is 3.27. The highest BCUT2D eigenvalue weighted by molar-refractivity contribution is 6.18. The van der Waals surface area contributed by atoms with E-state index in [0.29, 0.717) is 5.88 Å². The monoisotopic (exact) mass is 180 g/mol. The topological polar surface area (TPSA) is 38.7 Å². The van der Waals surface area contributed by atoms with Gasteiger partial charge in [-0.25, -0.2) is 0 Å². The molecule has 2 atom stereocenters. The van der Waals surface area contributed by atoms with Crippen LogP contribution >= 0.6 is 11.6 Å². The highest BCUT2D eigenvalue weighted by Crippen LogP contribution is 2.28. The van der Waals surface area contributed by atoms with Gasteiger partial charge in [0.25, 0.3) is 0 Å². The van der Waals surface area contributed by atoms with Crippen molar-refractivity contribution in [3.8, 4) is 0 Å². The van der Waals surface area contributed by atoms with E-state index >= 15 is 0 Å². The average molecular weight is 181 g/mol. The van der Waals surface area contributed by atoms with E-state index in [9.17, 15) is 0 Å². The van der Waals surface area contributed by atoms with Gasteiger partial charge in [-0.3, -0.25) is 0 Å². The molecule has 1 rings (SSSR count). The smallest absolute Gasteiger partial charge is 0.163 e. The van der Waals surface area contributed by atoms with E-state index in [1.54, 1.807) is 0 Å². The lowest BCUT2D eigenvalue weighted by molar-refractivity contribution is -0.147. The molecule has 1 saturated heterocycles. The summed E-state index contributed by atoms with van der Waals surface area (Å²) in [6, 6.07) is 0. The lowest BCUT2D eigenvalue weighted by atomic mass is 10.2. The van der Waals surface area contributed by atoms with E-state index in [4.69, 9.17) is 26.2 Å². The molecule has 11 heavy (non-hydrogen) atoms. The molecular formula is C7H13ClO3. The second-order valence-electron chi connectivity index (χ2n) is 3.05. The van der Waals surface area contributed by atoms with Crippen molar-refractivity contribution in [2.75, 3.05) is 12.5 Å². The Morgan fingerprint density at radius 3 is 2.27 bits per heavy atom. The Labute approximate surface area is 71.2 Å². The maximum atomic E-state index is 8.84. The SMILES string of the molecule is CC1(C)OC(CO)C(CCl)O1. The molecule has 1 aliphatic heterocycles. The molecule has 1 heterocycles. The molecule has 0 aliphatic carbocycles. The van der Waals surface area contributed by atoms with Crippen LogP contribution in [0, 0.1) is 0 Å². The summed E-state index contributed by atoms with van der Waals surface area (Å²) in [6.45, 7) is 3.57. The number of aliphatic hydroxyl groups is 1. The van der Waals surface area contributed by atoms with Gasteiger partial charge in [-0.2, -0.15) is 0 Å². The van der Waals surface area contributed by atoms with Crippen LogP contribution in [0.4, 0.5) is 0 Å². The summed E-state index contributed by atoms with van der Waals surface area (Å²) in [6.07, 6.45) is -0.459. The van der Waals surface area contributed by atoms with Crippen molar-refractivity contribution in [1.82, 2.24) is 0 Å². The Balaban J connectivity index is 2.55. The molecule has 1 fully saturated rings. The molecule has 0 saturated carbocycles. The van der Waals surface area contributed by atoms with Crippen molar-refractivity contribution in [3.63, 3.8) is 0 Å². The summed E-state index contributed by atoms with van der Waals surface area (Å²) in [5.74, 6) is -0.248. The highest BCUT2D eigenvalue weighted by atomic mass is 35.5. The molecule has 0 aromatic heterocycles. The van der Waals surface area contributed by atoms with E-state index in [1.807, 2.05) is 13.8 Å². The molecule has 0 aromatic rings. The lowest BCUT2D eigenvalue weighted by Crippen LogP contribution is -2.27. The van der Waals surface area contributed by atoms with Crippen LogP contribution in [-0.4, -0.2) is 35.6 Å². The molecule has 0 amide bonds. The van der Waals surface area contributed by atoms with Gasteiger partial charge in [-0.1, -0.05) is 0 Å². The third-order valence-corrected chi connectivity index (χ3v) is 1.92. The van der Waals surface area contributed by atoms with Crippen molar-refractivity contribution in [2.24, 2.45) is 0 Å². The largest absolute Gasteiger partial charge is 0.394 e. The van der Waals surface area contributed by atoms with E-state index in [0.717, 1.165) is 0 Å². The molecular weight excluding hydrogens is 168 g/mol. The zero-order chi connectivity index (χ0) is 8.48. The van der Waals surface area contributed by atoms with Crippen molar-refractivity contribution in [1.29, 1.82) is 0 Å². The van der Waals surface area contributed by atoms with Crippen LogP contribution in [-0.2, 0) is 9.47 Å². The fourth-order valence-corrected chi connectivity index (χ4v) is 1.46. The Morgan fingerprint density at radius 2 is 1.91 bits per heavy atom. The van der Waals surface area contributed by atoms with Gasteiger partial charge < -0.3 is 14.6 Å². The minimum absolute atomic E-state index is 0.0409. The van der Waals surface area contributed by atoms with E-state index in [-0.39, 0.29) is 18.8 Å². The molecule has 1 N–H and O–H groups in total. The summed E-state index contributed by atoms with van der Waals surface area (Å²) in [4.78, 5) is 0. The van der Waals surface area contributed by atoms with Crippen LogP contribution < -0.4 is 0 Å². The predicted octanol–water partition coefficient (Wildman–Crippen LogP) is 0.738. The van der Waals surface area contributed by atoms with Crippen LogP contribution in [0.1, 0.15) is 13.8 Å². The quantitative estimate of drug-likeness (QED) is 0.637. The van der Waals surface area contributed by atoms with Gasteiger partial charge >= 0.3 is 0 Å². The van der Waals surface area contributed by atoms with Gasteiger partial charge in [0, 0.05) is 0 Å². The van der Waals surface area contributed by atoms with Crippen LogP contribution in [0.2, 0.25) is 0 Å². The Bertz CT molecular complexity index is 124. The van der Waals surface area contributed by atoms with Crippen LogP contribution in [0.25, 0.3) is 0 Å². The van der Waals surface area contributed by atoms with Gasteiger partial charge in [0.2, 0.25) is 0 Å². The summed E-state index contributed by atoms with van der Waals surface area (Å²) in [5, 5.41) is 8.84. The molecule has 3 nitrogen and oxygen atoms in total. The first-order valence-corrected chi connectivity index (χ1v) is 4.15. The Hall–Kier alpha value is 0.170. The lowest BCUT2D eigenvalue weighted by Gasteiger charge is -2.16. The molecule has 1 aliphatic rings. The van der Waals surface area contributed by atoms with E-state index in [1.165, 1.54) is 0 Å². The first-order chi connectivity index (χ1) is 5.09. The van der Waals surface area contributed by atoms with Crippen LogP contribution in [0.15, 0.2) is 0 Å². The molecule has 0 spiro atoms. The fourth-order valence-electron chi connectivity index (χ4n) is 1.19. The summed E-state index contributed by atoms with van der Waals surface area (Å²) < 4.78 is 10.7. The third-order valence-electron chi connectivity index (χ3n) is 1.62. The molecule has 4 heteroatoms. The normalized spacial score (nSPS) is 36.0. The number of alkyl halides is 1. The van der Waals surface area contributed by atoms with E-state index < -0.39 is 5.79 Å². The maximum Gasteiger partial charge on any atom is 0.163 e. The molecule has 2 unspecified atom stereocenters. The molecule has 0 aromatic carbocycles. The minimum Gasteiger partial charge on any atom is -0.394 e. The first kappa shape index (κ1) is 9.26. The van der Waals surface area contributed by atoms with Gasteiger partial charge in [0.1, 0.15) is 12.2 Å². The number of ether oxygens (including phenoxy) is 2. The van der Waals surface area contributed by atoms with Gasteiger partial charge in [0.15, 0.2) is 5.79 Å². The summed E-state index contributed by atoms with van der Waals surface area (Å²) >= 11 is 5.59. The molecule has 0 bridgehead atoms. The van der Waals surface area contributed by atoms with Gasteiger partial charge in [0.05, 0.1) is 12.5 Å². The number of rotatable bonds is 2. The zero-order valence-electron chi connectivity index (χ0n) is 6.71. The number of halogens is 1. The Morgan fingerprint density at radius 1 is 1.36 bits per heavy atom. The summed E-state index contributed by atoms with van der Waals surface area (Å²) in [5.41, 5.74) is 0. The van der Waals surface area contributed by atoms with Crippen molar-refractivity contribution in [3.05, 3.63) is 0 Å². The van der Waals surface area contributed by atoms with Crippen molar-refractivity contribution < 1.29 is 14.6 Å². The predicted molar refractivity (Wildman–Crippen MR) is 41.6 cm³/mol. The molecule has 66 valence electrons. The van der Waals surface area contributed by atoms with Crippen molar-refractivity contribution >= 4 is 11.6 Å². The van der Waals surface area contributed by atoms with Gasteiger partial charge in [-0.15, -0.1) is 11.6 Å². The fraction of sp³-hybridized carbons (Fsp3) is 1.00. The summed E-state index contributed by atoms with van der Waals surface area (Å²) in [7, 11) is 0. The third kappa shape index (κ3) is 2.06. The zero-order valence-corrected chi connectivity index (χ0v) is 7.47. The average Bonchev–Trinajstić information content (AvgIpc) is 2.25. The number of hydrogen-bond acceptors (Lipinski definition) is 3. The van der Waals surface area contributed by atoms with Crippen molar-refractivity contribution in [2.45, 2.75) is 31.8 Å². The number of aliphatic hydroxyl groups excluding tert-OH is 1. The highest BCUT2D eigenvalue weighted by Gasteiger charge is 2.40. The van der Waals surface area contributed by atoms with Crippen LogP contribution in [0.5, 0.6) is 0 Å². The standard InChI is InChI=1S/C7H13ClO3/c1-7(2)10-5(3-8)6(4-9)11-7/h5-6,9H,3-4H2,1-2H3. The van der Waals surface area contributed by atoms with Gasteiger partial charge in [-0.05, 0) is 13.8 Å². The first-order valence-electron chi connectivity index (χ1n) is 3.61. The van der Waals surface area contributed by atoms with E-state index in [2.05, 4.69) is 0 Å². The number of hydrogen-bond donors (Lipinski definition) is 1. The maximum absolute atomic E-state index is 8.84. The molecule has 0 radical (unpaired) electrons. The minimum atomic E-state index is -0.604. The Kier molecular flexibility index (Phi) is 2.75.